The number of benzene rings is 1. The lowest BCUT2D eigenvalue weighted by atomic mass is 10.1. The van der Waals surface area contributed by atoms with Crippen LogP contribution in [0.15, 0.2) is 33.5 Å². The quantitative estimate of drug-likeness (QED) is 0.482. The van der Waals surface area contributed by atoms with E-state index in [0.29, 0.717) is 10.9 Å². The van der Waals surface area contributed by atoms with E-state index in [1.54, 1.807) is 13.0 Å². The highest BCUT2D eigenvalue weighted by Crippen LogP contribution is 2.21. The van der Waals surface area contributed by atoms with Crippen LogP contribution in [-0.4, -0.2) is 40.0 Å². The van der Waals surface area contributed by atoms with Crippen molar-refractivity contribution in [1.29, 1.82) is 0 Å². The molecule has 0 aliphatic carbocycles. The molecule has 0 aliphatic rings. The van der Waals surface area contributed by atoms with Crippen LogP contribution in [0.2, 0.25) is 0 Å². The van der Waals surface area contributed by atoms with Gasteiger partial charge in [-0.1, -0.05) is 0 Å². The Morgan fingerprint density at radius 1 is 1.07 bits per heavy atom. The number of rotatable bonds is 8. The fourth-order valence-electron chi connectivity index (χ4n) is 2.50. The van der Waals surface area contributed by atoms with Gasteiger partial charge in [0, 0.05) is 29.6 Å². The molecule has 2 amide bonds. The summed E-state index contributed by atoms with van der Waals surface area (Å²) in [6.45, 7) is 1.73. The number of anilines is 1. The second kappa shape index (κ2) is 8.80. The first-order valence-electron chi connectivity index (χ1n) is 8.24. The molecule has 1 atom stereocenters. The number of amides is 2. The average Bonchev–Trinajstić information content (AvgIpc) is 2.58. The second-order valence-corrected chi connectivity index (χ2v) is 6.06. The molecule has 0 saturated carbocycles. The minimum Gasteiger partial charge on any atom is -0.481 e. The maximum Gasteiger partial charge on any atom is 0.336 e. The third-order valence-corrected chi connectivity index (χ3v) is 3.82. The number of aliphatic carboxylic acids is 2. The summed E-state index contributed by atoms with van der Waals surface area (Å²) in [6, 6.07) is 4.50. The van der Waals surface area contributed by atoms with Gasteiger partial charge in [0.25, 0.3) is 0 Å². The Kier molecular flexibility index (Phi) is 6.48. The summed E-state index contributed by atoms with van der Waals surface area (Å²) < 4.78 is 5.08. The van der Waals surface area contributed by atoms with E-state index in [9.17, 15) is 24.0 Å². The molecule has 10 heteroatoms. The molecular formula is C18H18N2O8. The summed E-state index contributed by atoms with van der Waals surface area (Å²) in [5.74, 6) is -4.08. The van der Waals surface area contributed by atoms with Crippen LogP contribution in [0.5, 0.6) is 0 Å². The Morgan fingerprint density at radius 2 is 1.79 bits per heavy atom. The van der Waals surface area contributed by atoms with E-state index in [0.717, 1.165) is 0 Å². The molecule has 4 N–H and O–H groups in total. The smallest absolute Gasteiger partial charge is 0.336 e. The van der Waals surface area contributed by atoms with Crippen LogP contribution in [0.1, 0.15) is 24.8 Å². The normalized spacial score (nSPS) is 11.6. The number of fused-ring (bicyclic) bond motifs is 1. The van der Waals surface area contributed by atoms with Crippen molar-refractivity contribution in [3.8, 4) is 0 Å². The van der Waals surface area contributed by atoms with Crippen LogP contribution >= 0.6 is 0 Å². The standard InChI is InChI=1S/C18H18N2O8/c1-9-6-17(26)28-13-7-10(2-3-11(9)13)19-18(27)12(8-16(24)25)20-14(21)4-5-15(22)23/h2-3,6-7,12H,4-5,8H2,1H3,(H,19,27)(H,20,21)(H,22,23)(H,24,25)/t12-/m1/s1. The Hall–Kier alpha value is -3.69. The highest BCUT2D eigenvalue weighted by Gasteiger charge is 2.24. The largest absolute Gasteiger partial charge is 0.481 e. The van der Waals surface area contributed by atoms with Crippen molar-refractivity contribution in [2.24, 2.45) is 0 Å². The summed E-state index contributed by atoms with van der Waals surface area (Å²) in [6.07, 6.45) is -1.53. The van der Waals surface area contributed by atoms with Crippen molar-refractivity contribution < 1.29 is 33.8 Å². The first kappa shape index (κ1) is 20.6. The van der Waals surface area contributed by atoms with Gasteiger partial charge in [0.1, 0.15) is 11.6 Å². The number of hydrogen-bond donors (Lipinski definition) is 4. The van der Waals surface area contributed by atoms with Crippen LogP contribution < -0.4 is 16.3 Å². The zero-order valence-electron chi connectivity index (χ0n) is 14.9. The monoisotopic (exact) mass is 390 g/mol. The minimum atomic E-state index is -1.40. The zero-order valence-corrected chi connectivity index (χ0v) is 14.9. The molecule has 1 aromatic carbocycles. The minimum absolute atomic E-state index is 0.237. The Balaban J connectivity index is 2.16. The number of hydrogen-bond acceptors (Lipinski definition) is 6. The van der Waals surface area contributed by atoms with Crippen LogP contribution in [-0.2, 0) is 19.2 Å². The van der Waals surface area contributed by atoms with E-state index in [4.69, 9.17) is 14.6 Å². The van der Waals surface area contributed by atoms with Crippen LogP contribution in [0.25, 0.3) is 11.0 Å². The Bertz CT molecular complexity index is 995. The maximum atomic E-state index is 12.4. The molecule has 0 bridgehead atoms. The fourth-order valence-corrected chi connectivity index (χ4v) is 2.50. The third-order valence-electron chi connectivity index (χ3n) is 3.82. The summed E-state index contributed by atoms with van der Waals surface area (Å²) >= 11 is 0. The van der Waals surface area contributed by atoms with Gasteiger partial charge >= 0.3 is 17.6 Å². The lowest BCUT2D eigenvalue weighted by Crippen LogP contribution is -2.45. The van der Waals surface area contributed by atoms with Gasteiger partial charge in [-0.25, -0.2) is 4.79 Å². The molecule has 28 heavy (non-hydrogen) atoms. The van der Waals surface area contributed by atoms with Gasteiger partial charge in [-0.2, -0.15) is 0 Å². The van der Waals surface area contributed by atoms with Crippen LogP contribution in [0, 0.1) is 6.92 Å². The van der Waals surface area contributed by atoms with Crippen molar-refractivity contribution in [2.75, 3.05) is 5.32 Å². The third kappa shape index (κ3) is 5.66. The highest BCUT2D eigenvalue weighted by atomic mass is 16.4. The molecule has 2 aromatic rings. The van der Waals surface area contributed by atoms with Gasteiger partial charge in [0.05, 0.1) is 12.8 Å². The van der Waals surface area contributed by atoms with Crippen LogP contribution in [0.4, 0.5) is 5.69 Å². The van der Waals surface area contributed by atoms with Gasteiger partial charge in [0.2, 0.25) is 11.8 Å². The van der Waals surface area contributed by atoms with Crippen molar-refractivity contribution in [1.82, 2.24) is 5.32 Å². The fraction of sp³-hybridized carbons (Fsp3) is 0.278. The van der Waals surface area contributed by atoms with Gasteiger partial charge < -0.3 is 25.3 Å². The first-order chi connectivity index (χ1) is 13.2. The second-order valence-electron chi connectivity index (χ2n) is 6.06. The first-order valence-corrected chi connectivity index (χ1v) is 8.24. The average molecular weight is 390 g/mol. The van der Waals surface area contributed by atoms with Gasteiger partial charge in [-0.3, -0.25) is 19.2 Å². The van der Waals surface area contributed by atoms with E-state index in [1.165, 1.54) is 18.2 Å². The predicted octanol–water partition coefficient (Wildman–Crippen LogP) is 0.864. The molecule has 0 aliphatic heterocycles. The SMILES string of the molecule is Cc1cc(=O)oc2cc(NC(=O)[C@@H](CC(=O)O)NC(=O)CCC(=O)O)ccc12. The van der Waals surface area contributed by atoms with Crippen LogP contribution in [0.3, 0.4) is 0 Å². The van der Waals surface area contributed by atoms with Crippen molar-refractivity contribution in [3.63, 3.8) is 0 Å². The van der Waals surface area contributed by atoms with Gasteiger partial charge in [-0.15, -0.1) is 0 Å². The van der Waals surface area contributed by atoms with Gasteiger partial charge in [-0.05, 0) is 24.6 Å². The summed E-state index contributed by atoms with van der Waals surface area (Å²) in [7, 11) is 0. The van der Waals surface area contributed by atoms with E-state index < -0.39 is 48.3 Å². The summed E-state index contributed by atoms with van der Waals surface area (Å²) in [5, 5.41) is 22.9. The number of carbonyl (C=O) groups is 4. The van der Waals surface area contributed by atoms with Crippen molar-refractivity contribution in [3.05, 3.63) is 40.2 Å². The molecule has 148 valence electrons. The predicted molar refractivity (Wildman–Crippen MR) is 96.9 cm³/mol. The molecule has 1 heterocycles. The van der Waals surface area contributed by atoms with E-state index in [2.05, 4.69) is 10.6 Å². The molecular weight excluding hydrogens is 372 g/mol. The number of carboxylic acids is 2. The Labute approximate surface area is 158 Å². The molecule has 0 unspecified atom stereocenters. The molecule has 1 aromatic heterocycles. The topological polar surface area (TPSA) is 163 Å². The maximum absolute atomic E-state index is 12.4. The molecule has 2 rings (SSSR count). The Morgan fingerprint density at radius 3 is 2.43 bits per heavy atom. The molecule has 0 fully saturated rings. The number of carboxylic acid groups (broad SMARTS) is 2. The van der Waals surface area contributed by atoms with Crippen molar-refractivity contribution >= 4 is 40.4 Å². The van der Waals surface area contributed by atoms with Crippen molar-refractivity contribution in [2.45, 2.75) is 32.2 Å². The summed E-state index contributed by atoms with van der Waals surface area (Å²) in [5.41, 5.74) is 0.617. The van der Waals surface area contributed by atoms with E-state index in [1.807, 2.05) is 0 Å². The lowest BCUT2D eigenvalue weighted by molar-refractivity contribution is -0.141. The lowest BCUT2D eigenvalue weighted by Gasteiger charge is -2.17. The molecule has 0 saturated heterocycles. The van der Waals surface area contributed by atoms with E-state index >= 15 is 0 Å². The summed E-state index contributed by atoms with van der Waals surface area (Å²) in [4.78, 5) is 57.1. The number of carbonyl (C=O) groups excluding carboxylic acids is 2. The number of nitrogens with one attached hydrogen (secondary N) is 2. The highest BCUT2D eigenvalue weighted by molar-refractivity contribution is 6.00. The zero-order chi connectivity index (χ0) is 20.8. The molecule has 0 radical (unpaired) electrons. The molecule has 10 nitrogen and oxygen atoms in total. The number of aryl methyl sites for hydroxylation is 1. The molecule has 0 spiro atoms. The van der Waals surface area contributed by atoms with Gasteiger partial charge in [0.15, 0.2) is 0 Å². The van der Waals surface area contributed by atoms with E-state index in [-0.39, 0.29) is 17.7 Å².